The Labute approximate surface area is 117 Å². The first-order valence-corrected chi connectivity index (χ1v) is 6.65. The number of rotatable bonds is 3. The predicted octanol–water partition coefficient (Wildman–Crippen LogP) is 0.724. The van der Waals surface area contributed by atoms with E-state index in [0.29, 0.717) is 18.3 Å². The van der Waals surface area contributed by atoms with Crippen molar-refractivity contribution in [2.75, 3.05) is 11.9 Å². The van der Waals surface area contributed by atoms with Crippen molar-refractivity contribution in [3.05, 3.63) is 38.6 Å². The van der Waals surface area contributed by atoms with E-state index in [2.05, 4.69) is 17.5 Å². The maximum Gasteiger partial charge on any atom is 0.332 e. The SMILES string of the molecule is Cn1c(NC[C@@H]2CC=CCC2)c(C#N)c(=O)n(C)c1=O. The normalized spacial score (nSPS) is 17.8. The van der Waals surface area contributed by atoms with Gasteiger partial charge in [0.25, 0.3) is 5.56 Å². The number of nitrogens with one attached hydrogen (secondary N) is 1. The molecule has 0 spiro atoms. The summed E-state index contributed by atoms with van der Waals surface area (Å²) in [5, 5.41) is 12.3. The maximum atomic E-state index is 11.9. The molecule has 1 aromatic heterocycles. The van der Waals surface area contributed by atoms with E-state index in [9.17, 15) is 9.59 Å². The van der Waals surface area contributed by atoms with Gasteiger partial charge in [-0.2, -0.15) is 5.26 Å². The molecule has 0 radical (unpaired) electrons. The van der Waals surface area contributed by atoms with Crippen LogP contribution in [0.25, 0.3) is 0 Å². The minimum Gasteiger partial charge on any atom is -0.370 e. The number of nitrogens with zero attached hydrogens (tertiary/aromatic N) is 3. The van der Waals surface area contributed by atoms with Gasteiger partial charge in [-0.25, -0.2) is 4.79 Å². The molecule has 106 valence electrons. The second-order valence-electron chi connectivity index (χ2n) is 5.07. The highest BCUT2D eigenvalue weighted by atomic mass is 16.2. The van der Waals surface area contributed by atoms with E-state index in [1.807, 2.05) is 6.07 Å². The molecule has 1 N–H and O–H groups in total. The van der Waals surface area contributed by atoms with E-state index in [0.717, 1.165) is 23.8 Å². The standard InChI is InChI=1S/C14H18N4O2/c1-17-12(16-9-10-6-4-3-5-7-10)11(8-15)13(19)18(2)14(17)20/h3-4,10,16H,5-7,9H2,1-2H3/t10-/m1/s1. The molecule has 0 bridgehead atoms. The second-order valence-corrected chi connectivity index (χ2v) is 5.07. The summed E-state index contributed by atoms with van der Waals surface area (Å²) < 4.78 is 2.27. The van der Waals surface area contributed by atoms with Crippen LogP contribution < -0.4 is 16.6 Å². The quantitative estimate of drug-likeness (QED) is 0.824. The highest BCUT2D eigenvalue weighted by Gasteiger charge is 2.17. The monoisotopic (exact) mass is 274 g/mol. The molecule has 1 aliphatic carbocycles. The first-order chi connectivity index (χ1) is 9.56. The Hall–Kier alpha value is -2.29. The van der Waals surface area contributed by atoms with Gasteiger partial charge in [-0.05, 0) is 25.2 Å². The summed E-state index contributed by atoms with van der Waals surface area (Å²) in [7, 11) is 2.94. The van der Waals surface area contributed by atoms with Crippen LogP contribution in [0, 0.1) is 17.2 Å². The zero-order valence-electron chi connectivity index (χ0n) is 11.7. The Bertz CT molecular complexity index is 691. The Morgan fingerprint density at radius 2 is 2.10 bits per heavy atom. The van der Waals surface area contributed by atoms with E-state index in [1.54, 1.807) is 7.05 Å². The topological polar surface area (TPSA) is 79.8 Å². The lowest BCUT2D eigenvalue weighted by atomic mass is 9.94. The third kappa shape index (κ3) is 2.52. The Morgan fingerprint density at radius 1 is 1.35 bits per heavy atom. The molecule has 1 aromatic rings. The predicted molar refractivity (Wildman–Crippen MR) is 76.6 cm³/mol. The van der Waals surface area contributed by atoms with Gasteiger partial charge in [-0.1, -0.05) is 12.2 Å². The van der Waals surface area contributed by atoms with E-state index < -0.39 is 11.2 Å². The van der Waals surface area contributed by atoms with Gasteiger partial charge in [-0.15, -0.1) is 0 Å². The molecule has 1 heterocycles. The number of aromatic nitrogens is 2. The van der Waals surface area contributed by atoms with Crippen molar-refractivity contribution >= 4 is 5.82 Å². The molecule has 1 atom stereocenters. The molecule has 0 fully saturated rings. The molecular formula is C14H18N4O2. The summed E-state index contributed by atoms with van der Waals surface area (Å²) in [6, 6.07) is 1.89. The average molecular weight is 274 g/mol. The first kappa shape index (κ1) is 14.1. The highest BCUT2D eigenvalue weighted by molar-refractivity contribution is 5.51. The van der Waals surface area contributed by atoms with E-state index in [4.69, 9.17) is 5.26 Å². The lowest BCUT2D eigenvalue weighted by Crippen LogP contribution is -2.40. The van der Waals surface area contributed by atoms with Crippen LogP contribution >= 0.6 is 0 Å². The van der Waals surface area contributed by atoms with Crippen LogP contribution in [0.1, 0.15) is 24.8 Å². The number of hydrogen-bond acceptors (Lipinski definition) is 4. The van der Waals surface area contributed by atoms with Crippen molar-refractivity contribution in [1.29, 1.82) is 5.26 Å². The zero-order valence-corrected chi connectivity index (χ0v) is 11.7. The lowest BCUT2D eigenvalue weighted by Gasteiger charge is -2.20. The number of anilines is 1. The smallest absolute Gasteiger partial charge is 0.332 e. The molecule has 0 unspecified atom stereocenters. The van der Waals surface area contributed by atoms with Crippen molar-refractivity contribution in [2.45, 2.75) is 19.3 Å². The second kappa shape index (κ2) is 5.78. The molecular weight excluding hydrogens is 256 g/mol. The number of allylic oxidation sites excluding steroid dienone is 2. The molecule has 0 saturated heterocycles. The summed E-state index contributed by atoms with van der Waals surface area (Å²) in [6.45, 7) is 0.652. The molecule has 0 aromatic carbocycles. The van der Waals surface area contributed by atoms with Gasteiger partial charge in [0.2, 0.25) is 0 Å². The van der Waals surface area contributed by atoms with Gasteiger partial charge in [0.15, 0.2) is 5.56 Å². The fourth-order valence-corrected chi connectivity index (χ4v) is 2.43. The van der Waals surface area contributed by atoms with Gasteiger partial charge in [-0.3, -0.25) is 13.9 Å². The maximum absolute atomic E-state index is 11.9. The molecule has 6 heteroatoms. The summed E-state index contributed by atoms with van der Waals surface area (Å²) >= 11 is 0. The molecule has 20 heavy (non-hydrogen) atoms. The summed E-state index contributed by atoms with van der Waals surface area (Å²) in [5.41, 5.74) is -0.998. The van der Waals surface area contributed by atoms with E-state index >= 15 is 0 Å². The zero-order chi connectivity index (χ0) is 14.7. The molecule has 1 aliphatic rings. The summed E-state index contributed by atoms with van der Waals surface area (Å²) in [5.74, 6) is 0.779. The van der Waals surface area contributed by atoms with E-state index in [-0.39, 0.29) is 5.56 Å². The average Bonchev–Trinajstić information content (AvgIpc) is 2.48. The largest absolute Gasteiger partial charge is 0.370 e. The fourth-order valence-electron chi connectivity index (χ4n) is 2.43. The highest BCUT2D eigenvalue weighted by Crippen LogP contribution is 2.19. The molecule has 0 aliphatic heterocycles. The van der Waals surface area contributed by atoms with Crippen molar-refractivity contribution in [3.63, 3.8) is 0 Å². The Morgan fingerprint density at radius 3 is 2.70 bits per heavy atom. The van der Waals surface area contributed by atoms with Gasteiger partial charge >= 0.3 is 5.69 Å². The van der Waals surface area contributed by atoms with Crippen LogP contribution in [0.5, 0.6) is 0 Å². The fraction of sp³-hybridized carbons (Fsp3) is 0.500. The van der Waals surface area contributed by atoms with Crippen LogP contribution in [0.15, 0.2) is 21.7 Å². The van der Waals surface area contributed by atoms with Crippen LogP contribution in [0.3, 0.4) is 0 Å². The number of hydrogen-bond donors (Lipinski definition) is 1. The summed E-state index contributed by atoms with van der Waals surface area (Å²) in [4.78, 5) is 23.8. The van der Waals surface area contributed by atoms with Crippen molar-refractivity contribution in [1.82, 2.24) is 9.13 Å². The molecule has 2 rings (SSSR count). The van der Waals surface area contributed by atoms with Crippen LogP contribution in [-0.4, -0.2) is 15.7 Å². The van der Waals surface area contributed by atoms with Gasteiger partial charge in [0, 0.05) is 20.6 Å². The van der Waals surface area contributed by atoms with Crippen molar-refractivity contribution in [2.24, 2.45) is 20.0 Å². The number of nitriles is 1. The van der Waals surface area contributed by atoms with Crippen LogP contribution in [-0.2, 0) is 14.1 Å². The summed E-state index contributed by atoms with van der Waals surface area (Å²) in [6.07, 6.45) is 7.40. The van der Waals surface area contributed by atoms with Gasteiger partial charge in [0.1, 0.15) is 11.9 Å². The molecule has 0 amide bonds. The third-order valence-electron chi connectivity index (χ3n) is 3.71. The minimum atomic E-state index is -0.554. The Balaban J connectivity index is 2.32. The lowest BCUT2D eigenvalue weighted by molar-refractivity contribution is 0.501. The van der Waals surface area contributed by atoms with Crippen molar-refractivity contribution < 1.29 is 0 Å². The van der Waals surface area contributed by atoms with Crippen molar-refractivity contribution in [3.8, 4) is 6.07 Å². The Kier molecular flexibility index (Phi) is 4.08. The molecule has 6 nitrogen and oxygen atoms in total. The van der Waals surface area contributed by atoms with Gasteiger partial charge in [0.05, 0.1) is 0 Å². The third-order valence-corrected chi connectivity index (χ3v) is 3.71. The van der Waals surface area contributed by atoms with Crippen LogP contribution in [0.4, 0.5) is 5.82 Å². The molecule has 0 saturated carbocycles. The minimum absolute atomic E-state index is 0.0130. The van der Waals surface area contributed by atoms with Crippen LogP contribution in [0.2, 0.25) is 0 Å². The first-order valence-electron chi connectivity index (χ1n) is 6.65. The van der Waals surface area contributed by atoms with Gasteiger partial charge < -0.3 is 5.32 Å². The van der Waals surface area contributed by atoms with E-state index in [1.165, 1.54) is 11.6 Å².